The smallest absolute Gasteiger partial charge is 0.0888 e. The Kier molecular flexibility index (Phi) is 4.84. The molecule has 1 aromatic heterocycles. The van der Waals surface area contributed by atoms with E-state index in [4.69, 9.17) is 0 Å². The van der Waals surface area contributed by atoms with Crippen molar-refractivity contribution in [1.29, 1.82) is 0 Å². The Bertz CT molecular complexity index is 219. The molecule has 3 heteroatoms. The molecule has 1 atom stereocenters. The van der Waals surface area contributed by atoms with Crippen molar-refractivity contribution >= 4 is 23.1 Å². The van der Waals surface area contributed by atoms with Gasteiger partial charge in [0.25, 0.3) is 0 Å². The molecule has 1 nitrogen and oxygen atoms in total. The quantitative estimate of drug-likeness (QED) is 0.816. The van der Waals surface area contributed by atoms with Crippen LogP contribution in [0.1, 0.15) is 25.5 Å². The lowest BCUT2D eigenvalue weighted by Crippen LogP contribution is -2.01. The summed E-state index contributed by atoms with van der Waals surface area (Å²) in [5.74, 6) is 2.65. The van der Waals surface area contributed by atoms with Crippen LogP contribution in [0.5, 0.6) is 0 Å². The second-order valence-electron chi connectivity index (χ2n) is 3.50. The highest BCUT2D eigenvalue weighted by Crippen LogP contribution is 2.21. The highest BCUT2D eigenvalue weighted by Gasteiger charge is 2.07. The molecule has 0 aliphatic rings. The Balaban J connectivity index is 2.22. The molecule has 1 unspecified atom stereocenters. The summed E-state index contributed by atoms with van der Waals surface area (Å²) in [5.41, 5.74) is 1.06. The molecule has 74 valence electrons. The maximum absolute atomic E-state index is 9.71. The van der Waals surface area contributed by atoms with Crippen LogP contribution in [0.3, 0.4) is 0 Å². The molecule has 0 aromatic carbocycles. The Morgan fingerprint density at radius 1 is 1.46 bits per heavy atom. The van der Waals surface area contributed by atoms with Crippen LogP contribution in [0.2, 0.25) is 0 Å². The van der Waals surface area contributed by atoms with Crippen molar-refractivity contribution in [1.82, 2.24) is 0 Å². The molecule has 0 spiro atoms. The van der Waals surface area contributed by atoms with Crippen LogP contribution in [-0.2, 0) is 0 Å². The van der Waals surface area contributed by atoms with Gasteiger partial charge in [0.1, 0.15) is 0 Å². The number of thiophene rings is 1. The molecular formula is C10H16OS2. The number of aliphatic hydroxyl groups is 1. The minimum absolute atomic E-state index is 0.282. The molecule has 1 rings (SSSR count). The number of aliphatic hydroxyl groups excluding tert-OH is 1. The predicted molar refractivity (Wildman–Crippen MR) is 61.4 cm³/mol. The van der Waals surface area contributed by atoms with Crippen LogP contribution in [0.4, 0.5) is 0 Å². The SMILES string of the molecule is CC(C)CSCC(O)c1ccsc1. The van der Waals surface area contributed by atoms with Crippen LogP contribution < -0.4 is 0 Å². The molecule has 0 radical (unpaired) electrons. The Morgan fingerprint density at radius 3 is 2.77 bits per heavy atom. The number of hydrogen-bond donors (Lipinski definition) is 1. The van der Waals surface area contributed by atoms with Crippen LogP contribution in [0.15, 0.2) is 16.8 Å². The second kappa shape index (κ2) is 5.68. The van der Waals surface area contributed by atoms with Crippen LogP contribution in [-0.4, -0.2) is 16.6 Å². The average Bonchev–Trinajstić information content (AvgIpc) is 2.55. The topological polar surface area (TPSA) is 20.2 Å². The zero-order valence-electron chi connectivity index (χ0n) is 8.06. The summed E-state index contributed by atoms with van der Waals surface area (Å²) >= 11 is 3.46. The number of hydrogen-bond acceptors (Lipinski definition) is 3. The van der Waals surface area contributed by atoms with Crippen molar-refractivity contribution in [2.45, 2.75) is 20.0 Å². The molecule has 0 aliphatic carbocycles. The Morgan fingerprint density at radius 2 is 2.23 bits per heavy atom. The molecule has 13 heavy (non-hydrogen) atoms. The summed E-state index contributed by atoms with van der Waals surface area (Å²) in [5, 5.41) is 13.7. The summed E-state index contributed by atoms with van der Waals surface area (Å²) in [6, 6.07) is 1.99. The summed E-state index contributed by atoms with van der Waals surface area (Å²) in [7, 11) is 0. The molecule has 0 bridgehead atoms. The third kappa shape index (κ3) is 4.16. The summed E-state index contributed by atoms with van der Waals surface area (Å²) in [6.07, 6.45) is -0.282. The summed E-state index contributed by atoms with van der Waals surface area (Å²) in [4.78, 5) is 0. The number of rotatable bonds is 5. The van der Waals surface area contributed by atoms with Gasteiger partial charge in [-0.15, -0.1) is 0 Å². The third-order valence-electron chi connectivity index (χ3n) is 1.65. The Hall–Kier alpha value is 0.01000. The second-order valence-corrected chi connectivity index (χ2v) is 5.36. The van der Waals surface area contributed by atoms with Gasteiger partial charge in [-0.2, -0.15) is 23.1 Å². The number of thioether (sulfide) groups is 1. The van der Waals surface area contributed by atoms with E-state index in [2.05, 4.69) is 13.8 Å². The fourth-order valence-electron chi connectivity index (χ4n) is 0.976. The Labute approximate surface area is 88.2 Å². The molecule has 0 saturated carbocycles. The maximum Gasteiger partial charge on any atom is 0.0888 e. The van der Waals surface area contributed by atoms with E-state index in [1.54, 1.807) is 11.3 Å². The highest BCUT2D eigenvalue weighted by molar-refractivity contribution is 7.99. The first kappa shape index (κ1) is 11.1. The van der Waals surface area contributed by atoms with Crippen molar-refractivity contribution in [3.05, 3.63) is 22.4 Å². The molecule has 0 fully saturated rings. The van der Waals surface area contributed by atoms with Gasteiger partial charge >= 0.3 is 0 Å². The molecule has 0 amide bonds. The lowest BCUT2D eigenvalue weighted by Gasteiger charge is -2.09. The van der Waals surface area contributed by atoms with Crippen LogP contribution >= 0.6 is 23.1 Å². The molecule has 1 aromatic rings. The van der Waals surface area contributed by atoms with E-state index in [1.165, 1.54) is 0 Å². The molecule has 0 aliphatic heterocycles. The van der Waals surface area contributed by atoms with Crippen molar-refractivity contribution in [2.24, 2.45) is 5.92 Å². The average molecular weight is 216 g/mol. The minimum Gasteiger partial charge on any atom is -0.388 e. The van der Waals surface area contributed by atoms with Crippen molar-refractivity contribution in [3.63, 3.8) is 0 Å². The van der Waals surface area contributed by atoms with E-state index in [-0.39, 0.29) is 6.10 Å². The highest BCUT2D eigenvalue weighted by atomic mass is 32.2. The normalized spacial score (nSPS) is 13.5. The van der Waals surface area contributed by atoms with Gasteiger partial charge in [-0.3, -0.25) is 0 Å². The molecular weight excluding hydrogens is 200 g/mol. The minimum atomic E-state index is -0.282. The van der Waals surface area contributed by atoms with Crippen molar-refractivity contribution in [2.75, 3.05) is 11.5 Å². The summed E-state index contributed by atoms with van der Waals surface area (Å²) < 4.78 is 0. The molecule has 0 saturated heterocycles. The van der Waals surface area contributed by atoms with E-state index in [9.17, 15) is 5.11 Å². The first-order valence-electron chi connectivity index (χ1n) is 4.48. The lowest BCUT2D eigenvalue weighted by atomic mass is 10.2. The first-order chi connectivity index (χ1) is 6.20. The molecule has 1 heterocycles. The predicted octanol–water partition coefficient (Wildman–Crippen LogP) is 3.17. The maximum atomic E-state index is 9.71. The first-order valence-corrected chi connectivity index (χ1v) is 6.58. The van der Waals surface area contributed by atoms with E-state index in [0.29, 0.717) is 5.92 Å². The zero-order valence-corrected chi connectivity index (χ0v) is 9.70. The van der Waals surface area contributed by atoms with E-state index < -0.39 is 0 Å². The van der Waals surface area contributed by atoms with E-state index in [0.717, 1.165) is 17.1 Å². The standard InChI is InChI=1S/C10H16OS2/c1-8(2)5-13-7-10(11)9-3-4-12-6-9/h3-4,6,8,10-11H,5,7H2,1-2H3. The van der Waals surface area contributed by atoms with Gasteiger partial charge in [0.2, 0.25) is 0 Å². The largest absolute Gasteiger partial charge is 0.388 e. The van der Waals surface area contributed by atoms with E-state index in [1.807, 2.05) is 28.6 Å². The van der Waals surface area contributed by atoms with Crippen LogP contribution in [0.25, 0.3) is 0 Å². The van der Waals surface area contributed by atoms with Crippen molar-refractivity contribution < 1.29 is 5.11 Å². The third-order valence-corrected chi connectivity index (χ3v) is 3.81. The lowest BCUT2D eigenvalue weighted by molar-refractivity contribution is 0.204. The van der Waals surface area contributed by atoms with E-state index >= 15 is 0 Å². The van der Waals surface area contributed by atoms with Gasteiger partial charge in [0.15, 0.2) is 0 Å². The van der Waals surface area contributed by atoms with Gasteiger partial charge in [-0.25, -0.2) is 0 Å². The summed E-state index contributed by atoms with van der Waals surface area (Å²) in [6.45, 7) is 4.40. The monoisotopic (exact) mass is 216 g/mol. The van der Waals surface area contributed by atoms with Crippen molar-refractivity contribution in [3.8, 4) is 0 Å². The van der Waals surface area contributed by atoms with Gasteiger partial charge in [0.05, 0.1) is 6.10 Å². The fraction of sp³-hybridized carbons (Fsp3) is 0.600. The van der Waals surface area contributed by atoms with Gasteiger partial charge in [0, 0.05) is 5.75 Å². The molecule has 1 N–H and O–H groups in total. The van der Waals surface area contributed by atoms with Gasteiger partial charge < -0.3 is 5.11 Å². The fourth-order valence-corrected chi connectivity index (χ4v) is 2.71. The van der Waals surface area contributed by atoms with Gasteiger partial charge in [-0.05, 0) is 34.1 Å². The van der Waals surface area contributed by atoms with Gasteiger partial charge in [-0.1, -0.05) is 13.8 Å². The zero-order chi connectivity index (χ0) is 9.68. The van der Waals surface area contributed by atoms with Crippen LogP contribution in [0, 0.1) is 5.92 Å².